The molecule has 2 aliphatic heterocycles. The Kier molecular flexibility index (Phi) is 8.68. The number of hydrogen-bond acceptors (Lipinski definition) is 7. The predicted octanol–water partition coefficient (Wildman–Crippen LogP) is 7.01. The van der Waals surface area contributed by atoms with E-state index >= 15 is 0 Å². The number of amides is 1. The van der Waals surface area contributed by atoms with E-state index in [1.54, 1.807) is 24.3 Å². The molecule has 6 rings (SSSR count). The van der Waals surface area contributed by atoms with Gasteiger partial charge in [-0.3, -0.25) is 4.79 Å². The molecule has 1 N–H and O–H groups in total. The van der Waals surface area contributed by atoms with Crippen LogP contribution in [0.5, 0.6) is 5.88 Å². The third-order valence-corrected chi connectivity index (χ3v) is 10.0. The van der Waals surface area contributed by atoms with Gasteiger partial charge in [0.25, 0.3) is 11.8 Å². The molecule has 3 aliphatic rings. The maximum atomic E-state index is 14.3. The number of benzene rings is 1. The standard InChI is InChI=1S/C30H33Cl2FN4O3S/c1-2-23-28(33)29(36-40-23)39-13-5-10-25-34-15-24(41-25)20-14-18-7-4-9-22(35-18)26(20)30(38)37(19-11-12-19)16-17-6-3-8-21(31)27(17)32/h3,6,8,15,18-19,22,35H,2,4-5,7,9-14,16H2,1H3/t18-,22+/m0/s1. The highest BCUT2D eigenvalue weighted by molar-refractivity contribution is 7.12. The van der Waals surface area contributed by atoms with Crippen molar-refractivity contribution in [2.45, 2.75) is 89.4 Å². The van der Waals surface area contributed by atoms with Crippen molar-refractivity contribution in [1.29, 1.82) is 0 Å². The van der Waals surface area contributed by atoms with Crippen LogP contribution in [-0.2, 0) is 24.2 Å². The third kappa shape index (κ3) is 6.19. The molecule has 3 aromatic rings. The first-order valence-corrected chi connectivity index (χ1v) is 15.9. The molecule has 2 bridgehead atoms. The Labute approximate surface area is 253 Å². The van der Waals surface area contributed by atoms with Crippen molar-refractivity contribution in [2.75, 3.05) is 6.61 Å². The number of nitrogens with zero attached hydrogens (tertiary/aromatic N) is 3. The minimum absolute atomic E-state index is 0.0328. The van der Waals surface area contributed by atoms with Crippen LogP contribution in [0.25, 0.3) is 5.57 Å². The summed E-state index contributed by atoms with van der Waals surface area (Å²) in [4.78, 5) is 22.1. The number of carbonyl (C=O) groups is 1. The van der Waals surface area contributed by atoms with Gasteiger partial charge < -0.3 is 19.5 Å². The molecule has 0 spiro atoms. The first-order valence-electron chi connectivity index (χ1n) is 14.4. The van der Waals surface area contributed by atoms with E-state index < -0.39 is 5.82 Å². The maximum absolute atomic E-state index is 14.3. The van der Waals surface area contributed by atoms with Crippen molar-refractivity contribution in [3.05, 3.63) is 67.0 Å². The molecule has 2 atom stereocenters. The van der Waals surface area contributed by atoms with Crippen molar-refractivity contribution in [3.63, 3.8) is 0 Å². The highest BCUT2D eigenvalue weighted by atomic mass is 35.5. The van der Waals surface area contributed by atoms with Crippen LogP contribution in [0.4, 0.5) is 4.39 Å². The molecule has 0 radical (unpaired) electrons. The van der Waals surface area contributed by atoms with Crippen molar-refractivity contribution in [3.8, 4) is 5.88 Å². The third-order valence-electron chi connectivity index (χ3n) is 8.07. The van der Waals surface area contributed by atoms with Gasteiger partial charge in [0.15, 0.2) is 5.76 Å². The van der Waals surface area contributed by atoms with Gasteiger partial charge in [-0.05, 0) is 67.3 Å². The fraction of sp³-hybridized carbons (Fsp3) is 0.500. The van der Waals surface area contributed by atoms with E-state index in [1.165, 1.54) is 0 Å². The number of nitrogens with one attached hydrogen (secondary N) is 1. The highest BCUT2D eigenvalue weighted by Gasteiger charge is 2.41. The number of ether oxygens (including phenoxy) is 1. The van der Waals surface area contributed by atoms with Gasteiger partial charge in [0, 0.05) is 49.3 Å². The van der Waals surface area contributed by atoms with Gasteiger partial charge in [0.05, 0.1) is 26.5 Å². The lowest BCUT2D eigenvalue weighted by Crippen LogP contribution is -2.51. The number of hydrogen-bond donors (Lipinski definition) is 1. The summed E-state index contributed by atoms with van der Waals surface area (Å²) in [5.41, 5.74) is 2.85. The number of thiazole rings is 1. The zero-order valence-corrected chi connectivity index (χ0v) is 25.3. The quantitative estimate of drug-likeness (QED) is 0.233. The summed E-state index contributed by atoms with van der Waals surface area (Å²) in [7, 11) is 0. The molecule has 7 nitrogen and oxygen atoms in total. The first kappa shape index (κ1) is 28.6. The Bertz CT molecular complexity index is 1450. The minimum atomic E-state index is -0.525. The van der Waals surface area contributed by atoms with Gasteiger partial charge in [-0.2, -0.15) is 4.39 Å². The molecular weight excluding hydrogens is 586 g/mol. The van der Waals surface area contributed by atoms with E-state index in [0.717, 1.165) is 65.1 Å². The lowest BCUT2D eigenvalue weighted by Gasteiger charge is -2.40. The molecule has 41 heavy (non-hydrogen) atoms. The Morgan fingerprint density at radius 1 is 1.27 bits per heavy atom. The smallest absolute Gasteiger partial charge is 0.291 e. The molecule has 1 saturated heterocycles. The Balaban J connectivity index is 1.21. The number of piperidine rings is 1. The summed E-state index contributed by atoms with van der Waals surface area (Å²) >= 11 is 14.5. The van der Waals surface area contributed by atoms with Crippen LogP contribution >= 0.6 is 34.5 Å². The molecule has 218 valence electrons. The first-order chi connectivity index (χ1) is 19.9. The zero-order chi connectivity index (χ0) is 28.5. The number of aryl methyl sites for hydroxylation is 2. The number of fused-ring (bicyclic) bond motifs is 2. The van der Waals surface area contributed by atoms with Gasteiger partial charge in [0.2, 0.25) is 5.82 Å². The van der Waals surface area contributed by atoms with Crippen LogP contribution in [0.2, 0.25) is 10.0 Å². The van der Waals surface area contributed by atoms with E-state index in [4.69, 9.17) is 32.5 Å². The average molecular weight is 620 g/mol. The molecule has 11 heteroatoms. The van der Waals surface area contributed by atoms with Crippen molar-refractivity contribution in [2.24, 2.45) is 0 Å². The topological polar surface area (TPSA) is 80.5 Å². The largest absolute Gasteiger partial charge is 0.473 e. The van der Waals surface area contributed by atoms with Gasteiger partial charge in [-0.15, -0.1) is 11.3 Å². The average Bonchev–Trinajstić information content (AvgIpc) is 3.59. The molecule has 0 unspecified atom stereocenters. The van der Waals surface area contributed by atoms with Crippen LogP contribution in [0.15, 0.2) is 34.5 Å². The second-order valence-electron chi connectivity index (χ2n) is 11.0. The van der Waals surface area contributed by atoms with E-state index in [2.05, 4.69) is 15.5 Å². The monoisotopic (exact) mass is 618 g/mol. The van der Waals surface area contributed by atoms with Gasteiger partial charge >= 0.3 is 0 Å². The summed E-state index contributed by atoms with van der Waals surface area (Å²) in [5.74, 6) is -0.329. The second-order valence-corrected chi connectivity index (χ2v) is 12.9. The van der Waals surface area contributed by atoms with E-state index in [9.17, 15) is 9.18 Å². The highest BCUT2D eigenvalue weighted by Crippen LogP contribution is 2.41. The van der Waals surface area contributed by atoms with Crippen molar-refractivity contribution >= 4 is 46.0 Å². The molecule has 1 aliphatic carbocycles. The fourth-order valence-corrected chi connectivity index (χ4v) is 7.22. The Hall–Kier alpha value is -2.46. The van der Waals surface area contributed by atoms with Crippen molar-refractivity contribution in [1.82, 2.24) is 20.4 Å². The fourth-order valence-electron chi connectivity index (χ4n) is 5.81. The van der Waals surface area contributed by atoms with Crippen LogP contribution in [0.3, 0.4) is 0 Å². The van der Waals surface area contributed by atoms with Gasteiger partial charge in [0.1, 0.15) is 0 Å². The molecule has 1 saturated carbocycles. The maximum Gasteiger partial charge on any atom is 0.291 e. The summed E-state index contributed by atoms with van der Waals surface area (Å²) in [6, 6.07) is 6.21. The summed E-state index contributed by atoms with van der Waals surface area (Å²) in [5, 5.41) is 9.37. The lowest BCUT2D eigenvalue weighted by molar-refractivity contribution is -0.128. The predicted molar refractivity (Wildman–Crippen MR) is 158 cm³/mol. The zero-order valence-electron chi connectivity index (χ0n) is 22.9. The number of halogens is 3. The van der Waals surface area contributed by atoms with Gasteiger partial charge in [-0.1, -0.05) is 42.3 Å². The molecule has 2 aromatic heterocycles. The van der Waals surface area contributed by atoms with E-state index in [0.29, 0.717) is 48.5 Å². The summed E-state index contributed by atoms with van der Waals surface area (Å²) < 4.78 is 24.6. The minimum Gasteiger partial charge on any atom is -0.473 e. The number of carbonyl (C=O) groups excluding carboxylic acids is 1. The van der Waals surface area contributed by atoms with Gasteiger partial charge in [-0.25, -0.2) is 4.98 Å². The molecule has 4 heterocycles. The summed E-state index contributed by atoms with van der Waals surface area (Å²) in [6.45, 7) is 2.55. The molecule has 2 fully saturated rings. The number of aromatic nitrogens is 2. The SMILES string of the molecule is CCc1onc(OCCCc2ncc(C3=C(C(=O)N(Cc4cccc(Cl)c4Cl)C4CC4)[C@H]4CCC[C@@H](C3)N4)s2)c1F. The summed E-state index contributed by atoms with van der Waals surface area (Å²) in [6.07, 6.45) is 9.64. The second kappa shape index (κ2) is 12.4. The Morgan fingerprint density at radius 2 is 2.12 bits per heavy atom. The van der Waals surface area contributed by atoms with E-state index in [-0.39, 0.29) is 29.6 Å². The normalized spacial score (nSPS) is 20.4. The molecule has 1 amide bonds. The van der Waals surface area contributed by atoms with E-state index in [1.807, 2.05) is 23.2 Å². The molecular formula is C30H33Cl2FN4O3S. The van der Waals surface area contributed by atoms with Crippen LogP contribution in [0, 0.1) is 5.82 Å². The van der Waals surface area contributed by atoms with Crippen LogP contribution in [-0.4, -0.2) is 45.7 Å². The Morgan fingerprint density at radius 3 is 2.90 bits per heavy atom. The molecule has 1 aromatic carbocycles. The van der Waals surface area contributed by atoms with Crippen molar-refractivity contribution < 1.29 is 18.4 Å². The van der Waals surface area contributed by atoms with Crippen LogP contribution in [0.1, 0.15) is 73.1 Å². The number of rotatable bonds is 11. The van der Waals surface area contributed by atoms with Crippen LogP contribution < -0.4 is 10.1 Å². The lowest BCUT2D eigenvalue weighted by atomic mass is 9.81.